The van der Waals surface area contributed by atoms with Crippen molar-refractivity contribution in [1.29, 1.82) is 5.26 Å². The number of thioether (sulfide) groups is 1. The standard InChI is InChI=1S/C17H13N3S/c18-10-14-6-8-16(9-7-14)20-11-15(19-13-20)12-21-17-4-2-1-3-5-17/h1-9,11,13H,12H2. The fourth-order valence-electron chi connectivity index (χ4n) is 1.96. The van der Waals surface area contributed by atoms with Crippen molar-refractivity contribution in [3.8, 4) is 11.8 Å². The van der Waals surface area contributed by atoms with Gasteiger partial charge < -0.3 is 4.57 Å². The molecule has 0 saturated heterocycles. The fraction of sp³-hybridized carbons (Fsp3) is 0.0588. The van der Waals surface area contributed by atoms with E-state index in [2.05, 4.69) is 23.2 Å². The molecule has 0 aliphatic heterocycles. The number of benzene rings is 2. The Labute approximate surface area is 127 Å². The van der Waals surface area contributed by atoms with Gasteiger partial charge in [-0.3, -0.25) is 0 Å². The van der Waals surface area contributed by atoms with Crippen LogP contribution in [0.15, 0.2) is 72.0 Å². The van der Waals surface area contributed by atoms with Gasteiger partial charge in [-0.1, -0.05) is 18.2 Å². The van der Waals surface area contributed by atoms with E-state index in [1.807, 2.05) is 59.6 Å². The van der Waals surface area contributed by atoms with Crippen LogP contribution in [-0.4, -0.2) is 9.55 Å². The van der Waals surface area contributed by atoms with Crippen LogP contribution in [0.1, 0.15) is 11.3 Å². The van der Waals surface area contributed by atoms with Gasteiger partial charge in [0.25, 0.3) is 0 Å². The zero-order chi connectivity index (χ0) is 14.5. The predicted molar refractivity (Wildman–Crippen MR) is 84.3 cm³/mol. The Morgan fingerprint density at radius 2 is 1.81 bits per heavy atom. The Hall–Kier alpha value is -2.51. The lowest BCUT2D eigenvalue weighted by Gasteiger charge is -2.01. The minimum atomic E-state index is 0.665. The number of nitrogens with zero attached hydrogens (tertiary/aromatic N) is 3. The fourth-order valence-corrected chi connectivity index (χ4v) is 2.77. The smallest absolute Gasteiger partial charge is 0.0995 e. The summed E-state index contributed by atoms with van der Waals surface area (Å²) in [6, 6.07) is 19.9. The Kier molecular flexibility index (Phi) is 4.04. The lowest BCUT2D eigenvalue weighted by atomic mass is 10.2. The molecule has 1 aromatic heterocycles. The Balaban J connectivity index is 1.69. The molecule has 2 aromatic carbocycles. The zero-order valence-corrected chi connectivity index (χ0v) is 12.1. The molecule has 0 unspecified atom stereocenters. The van der Waals surface area contributed by atoms with Crippen LogP contribution in [0.2, 0.25) is 0 Å². The van der Waals surface area contributed by atoms with Crippen LogP contribution in [-0.2, 0) is 5.75 Å². The highest BCUT2D eigenvalue weighted by molar-refractivity contribution is 7.98. The van der Waals surface area contributed by atoms with Crippen molar-refractivity contribution in [2.75, 3.05) is 0 Å². The first-order valence-electron chi connectivity index (χ1n) is 6.56. The molecule has 4 heteroatoms. The first-order chi connectivity index (χ1) is 10.3. The highest BCUT2D eigenvalue weighted by Gasteiger charge is 2.02. The number of imidazole rings is 1. The van der Waals surface area contributed by atoms with Gasteiger partial charge in [-0.05, 0) is 36.4 Å². The van der Waals surface area contributed by atoms with E-state index in [9.17, 15) is 0 Å². The molecule has 0 amide bonds. The summed E-state index contributed by atoms with van der Waals surface area (Å²) >= 11 is 1.77. The number of nitriles is 1. The maximum absolute atomic E-state index is 8.81. The second-order valence-corrected chi connectivity index (χ2v) is 5.58. The molecular formula is C17H13N3S. The van der Waals surface area contributed by atoms with E-state index in [1.54, 1.807) is 11.8 Å². The molecule has 0 aliphatic rings. The lowest BCUT2D eigenvalue weighted by Crippen LogP contribution is -1.89. The average molecular weight is 291 g/mol. The highest BCUT2D eigenvalue weighted by Crippen LogP contribution is 2.22. The van der Waals surface area contributed by atoms with E-state index >= 15 is 0 Å². The first-order valence-corrected chi connectivity index (χ1v) is 7.55. The van der Waals surface area contributed by atoms with Crippen LogP contribution in [0.3, 0.4) is 0 Å². The Morgan fingerprint density at radius 3 is 2.52 bits per heavy atom. The molecule has 0 spiro atoms. The Bertz CT molecular complexity index is 755. The van der Waals surface area contributed by atoms with Crippen molar-refractivity contribution < 1.29 is 0 Å². The largest absolute Gasteiger partial charge is 0.306 e. The normalized spacial score (nSPS) is 10.2. The van der Waals surface area contributed by atoms with E-state index in [0.29, 0.717) is 5.56 Å². The van der Waals surface area contributed by atoms with Crippen LogP contribution in [0, 0.1) is 11.3 Å². The summed E-state index contributed by atoms with van der Waals surface area (Å²) < 4.78 is 1.97. The second-order valence-electron chi connectivity index (χ2n) is 4.53. The summed E-state index contributed by atoms with van der Waals surface area (Å²) in [5.74, 6) is 0.841. The summed E-state index contributed by atoms with van der Waals surface area (Å²) in [5, 5.41) is 8.81. The van der Waals surface area contributed by atoms with Crippen LogP contribution < -0.4 is 0 Å². The molecule has 0 radical (unpaired) electrons. The molecular weight excluding hydrogens is 278 g/mol. The molecule has 0 bridgehead atoms. The molecule has 3 nitrogen and oxygen atoms in total. The minimum Gasteiger partial charge on any atom is -0.306 e. The van der Waals surface area contributed by atoms with Gasteiger partial charge >= 0.3 is 0 Å². The van der Waals surface area contributed by atoms with Gasteiger partial charge in [-0.2, -0.15) is 5.26 Å². The molecule has 1 heterocycles. The summed E-state index contributed by atoms with van der Waals surface area (Å²) in [6.07, 6.45) is 3.83. The van der Waals surface area contributed by atoms with Gasteiger partial charge in [0, 0.05) is 22.5 Å². The molecule has 3 aromatic rings. The maximum atomic E-state index is 8.81. The van der Waals surface area contributed by atoms with E-state index in [0.717, 1.165) is 17.1 Å². The monoisotopic (exact) mass is 291 g/mol. The van der Waals surface area contributed by atoms with Crippen LogP contribution in [0.5, 0.6) is 0 Å². The van der Waals surface area contributed by atoms with E-state index in [4.69, 9.17) is 5.26 Å². The number of aromatic nitrogens is 2. The van der Waals surface area contributed by atoms with Gasteiger partial charge in [0.15, 0.2) is 0 Å². The molecule has 102 valence electrons. The number of hydrogen-bond donors (Lipinski definition) is 0. The highest BCUT2D eigenvalue weighted by atomic mass is 32.2. The van der Waals surface area contributed by atoms with Crippen LogP contribution in [0.4, 0.5) is 0 Å². The summed E-state index contributed by atoms with van der Waals surface area (Å²) in [4.78, 5) is 5.67. The van der Waals surface area contributed by atoms with Gasteiger partial charge in [0.2, 0.25) is 0 Å². The minimum absolute atomic E-state index is 0.665. The Morgan fingerprint density at radius 1 is 1.05 bits per heavy atom. The lowest BCUT2D eigenvalue weighted by molar-refractivity contribution is 1.06. The van der Waals surface area contributed by atoms with Gasteiger partial charge in [0.1, 0.15) is 0 Å². The van der Waals surface area contributed by atoms with Crippen molar-refractivity contribution in [3.63, 3.8) is 0 Å². The quantitative estimate of drug-likeness (QED) is 0.681. The number of rotatable bonds is 4. The average Bonchev–Trinajstić information content (AvgIpc) is 3.03. The van der Waals surface area contributed by atoms with E-state index in [1.165, 1.54) is 4.90 Å². The van der Waals surface area contributed by atoms with Gasteiger partial charge in [-0.15, -0.1) is 11.8 Å². The summed E-state index contributed by atoms with van der Waals surface area (Å²) in [7, 11) is 0. The van der Waals surface area contributed by atoms with Gasteiger partial charge in [-0.25, -0.2) is 4.98 Å². The molecule has 21 heavy (non-hydrogen) atoms. The SMILES string of the molecule is N#Cc1ccc(-n2cnc(CSc3ccccc3)c2)cc1. The summed E-state index contributed by atoms with van der Waals surface area (Å²) in [5.41, 5.74) is 2.71. The van der Waals surface area contributed by atoms with Crippen molar-refractivity contribution in [1.82, 2.24) is 9.55 Å². The van der Waals surface area contributed by atoms with Crippen molar-refractivity contribution in [3.05, 3.63) is 78.4 Å². The molecule has 0 N–H and O–H groups in total. The third-order valence-electron chi connectivity index (χ3n) is 3.06. The maximum Gasteiger partial charge on any atom is 0.0995 e. The van der Waals surface area contributed by atoms with Crippen LogP contribution in [0.25, 0.3) is 5.69 Å². The molecule has 0 fully saturated rings. The molecule has 0 atom stereocenters. The molecule has 0 aliphatic carbocycles. The number of hydrogen-bond acceptors (Lipinski definition) is 3. The summed E-state index contributed by atoms with van der Waals surface area (Å²) in [6.45, 7) is 0. The predicted octanol–water partition coefficient (Wildman–Crippen LogP) is 4.04. The van der Waals surface area contributed by atoms with Gasteiger partial charge in [0.05, 0.1) is 23.7 Å². The van der Waals surface area contributed by atoms with E-state index < -0.39 is 0 Å². The van der Waals surface area contributed by atoms with Crippen molar-refractivity contribution >= 4 is 11.8 Å². The third-order valence-corrected chi connectivity index (χ3v) is 4.11. The van der Waals surface area contributed by atoms with Crippen molar-refractivity contribution in [2.24, 2.45) is 0 Å². The topological polar surface area (TPSA) is 41.6 Å². The second kappa shape index (κ2) is 6.29. The van der Waals surface area contributed by atoms with Crippen molar-refractivity contribution in [2.45, 2.75) is 10.6 Å². The third kappa shape index (κ3) is 3.33. The molecule has 3 rings (SSSR count). The van der Waals surface area contributed by atoms with E-state index in [-0.39, 0.29) is 0 Å². The first kappa shape index (κ1) is 13.5. The zero-order valence-electron chi connectivity index (χ0n) is 11.3. The molecule has 0 saturated carbocycles. The van der Waals surface area contributed by atoms with Crippen LogP contribution >= 0.6 is 11.8 Å².